The minimum absolute atomic E-state index is 0.0767. The predicted octanol–water partition coefficient (Wildman–Crippen LogP) is 2.70. The molecule has 0 aromatic heterocycles. The number of nitrogens with two attached hydrogens (primary N) is 1. The largest absolute Gasteiger partial charge is 0.497 e. The summed E-state index contributed by atoms with van der Waals surface area (Å²) >= 11 is 0. The number of benzene rings is 1. The Bertz CT molecular complexity index is 420. The van der Waals surface area contributed by atoms with Crippen LogP contribution in [0.4, 0.5) is 0 Å². The lowest BCUT2D eigenvalue weighted by Gasteiger charge is -2.18. The number of aliphatic carboxylic acids is 1. The fourth-order valence-electron chi connectivity index (χ4n) is 2.44. The molecule has 0 amide bonds. The van der Waals surface area contributed by atoms with E-state index in [2.05, 4.69) is 13.0 Å². The predicted molar refractivity (Wildman–Crippen MR) is 79.9 cm³/mol. The van der Waals surface area contributed by atoms with Crippen LogP contribution in [0.3, 0.4) is 0 Å². The molecule has 0 fully saturated rings. The van der Waals surface area contributed by atoms with Gasteiger partial charge in [-0.2, -0.15) is 0 Å². The fourth-order valence-corrected chi connectivity index (χ4v) is 2.44. The molecule has 0 saturated heterocycles. The molecule has 0 aliphatic carbocycles. The minimum atomic E-state index is -0.763. The van der Waals surface area contributed by atoms with Crippen molar-refractivity contribution in [1.82, 2.24) is 0 Å². The number of hydrogen-bond acceptors (Lipinski definition) is 3. The maximum Gasteiger partial charge on any atom is 0.303 e. The Kier molecular flexibility index (Phi) is 7.09. The summed E-state index contributed by atoms with van der Waals surface area (Å²) in [6, 6.07) is 8.06. The Labute approximate surface area is 120 Å². The van der Waals surface area contributed by atoms with Gasteiger partial charge in [-0.1, -0.05) is 19.1 Å². The molecule has 0 aliphatic heterocycles. The zero-order valence-corrected chi connectivity index (χ0v) is 12.3. The van der Waals surface area contributed by atoms with Crippen LogP contribution in [0.2, 0.25) is 0 Å². The molecule has 0 unspecified atom stereocenters. The van der Waals surface area contributed by atoms with Crippen LogP contribution in [0.5, 0.6) is 5.75 Å². The number of carboxylic acid groups (broad SMARTS) is 1. The first-order valence-electron chi connectivity index (χ1n) is 7.10. The molecule has 4 heteroatoms. The topological polar surface area (TPSA) is 72.5 Å². The summed E-state index contributed by atoms with van der Waals surface area (Å²) in [5.41, 5.74) is 6.88. The fraction of sp³-hybridized carbons (Fsp3) is 0.562. The molecule has 0 spiro atoms. The third-order valence-corrected chi connectivity index (χ3v) is 3.59. The number of carboxylic acids is 1. The smallest absolute Gasteiger partial charge is 0.303 e. The van der Waals surface area contributed by atoms with Crippen LogP contribution in [0, 0.1) is 11.8 Å². The average molecular weight is 279 g/mol. The van der Waals surface area contributed by atoms with Crippen molar-refractivity contribution in [3.8, 4) is 5.75 Å². The van der Waals surface area contributed by atoms with Gasteiger partial charge in [-0.3, -0.25) is 4.79 Å². The van der Waals surface area contributed by atoms with Gasteiger partial charge in [-0.25, -0.2) is 0 Å². The number of methoxy groups -OCH3 is 1. The first kappa shape index (κ1) is 16.5. The molecule has 0 radical (unpaired) electrons. The molecule has 2 atom stereocenters. The van der Waals surface area contributed by atoms with Gasteiger partial charge in [-0.05, 0) is 55.3 Å². The van der Waals surface area contributed by atoms with E-state index in [0.717, 1.165) is 25.0 Å². The van der Waals surface area contributed by atoms with Gasteiger partial charge in [0.1, 0.15) is 5.75 Å². The van der Waals surface area contributed by atoms with E-state index in [1.54, 1.807) is 7.11 Å². The molecule has 1 rings (SSSR count). The summed E-state index contributed by atoms with van der Waals surface area (Å²) in [5, 5.41) is 8.82. The number of hydrogen-bond donors (Lipinski definition) is 2. The Hall–Kier alpha value is -1.55. The zero-order valence-electron chi connectivity index (χ0n) is 12.3. The van der Waals surface area contributed by atoms with Gasteiger partial charge in [0.15, 0.2) is 0 Å². The first-order valence-corrected chi connectivity index (χ1v) is 7.10. The molecular formula is C16H25NO3. The molecule has 4 nitrogen and oxygen atoms in total. The second-order valence-corrected chi connectivity index (χ2v) is 5.43. The lowest BCUT2D eigenvalue weighted by atomic mass is 9.89. The van der Waals surface area contributed by atoms with Crippen molar-refractivity contribution in [3.05, 3.63) is 29.8 Å². The SMILES string of the molecule is COc1cccc(CC[C@@H](C)C[C@H](CN)CC(=O)O)c1. The highest BCUT2D eigenvalue weighted by atomic mass is 16.5. The molecule has 0 aliphatic rings. The summed E-state index contributed by atoms with van der Waals surface area (Å²) in [7, 11) is 1.67. The Morgan fingerprint density at radius 1 is 1.45 bits per heavy atom. The van der Waals surface area contributed by atoms with Gasteiger partial charge >= 0.3 is 5.97 Å². The number of aryl methyl sites for hydroxylation is 1. The number of carbonyl (C=O) groups is 1. The average Bonchev–Trinajstić information content (AvgIpc) is 2.44. The van der Waals surface area contributed by atoms with Crippen molar-refractivity contribution < 1.29 is 14.6 Å². The summed E-state index contributed by atoms with van der Waals surface area (Å²) in [6.07, 6.45) is 3.04. The molecule has 0 heterocycles. The van der Waals surface area contributed by atoms with Crippen LogP contribution in [0.15, 0.2) is 24.3 Å². The van der Waals surface area contributed by atoms with Gasteiger partial charge in [-0.15, -0.1) is 0 Å². The normalized spacial score (nSPS) is 13.8. The van der Waals surface area contributed by atoms with E-state index in [9.17, 15) is 4.79 Å². The lowest BCUT2D eigenvalue weighted by Crippen LogP contribution is -2.20. The highest BCUT2D eigenvalue weighted by molar-refractivity contribution is 5.67. The van der Waals surface area contributed by atoms with Gasteiger partial charge in [0.05, 0.1) is 7.11 Å². The summed E-state index contributed by atoms with van der Waals surface area (Å²) in [4.78, 5) is 10.7. The van der Waals surface area contributed by atoms with Crippen molar-refractivity contribution in [3.63, 3.8) is 0 Å². The van der Waals surface area contributed by atoms with Crippen molar-refractivity contribution in [2.75, 3.05) is 13.7 Å². The second kappa shape index (κ2) is 8.59. The van der Waals surface area contributed by atoms with Crippen LogP contribution in [0.25, 0.3) is 0 Å². The molecule has 0 bridgehead atoms. The van der Waals surface area contributed by atoms with Crippen molar-refractivity contribution in [2.24, 2.45) is 17.6 Å². The molecule has 1 aromatic carbocycles. The third-order valence-electron chi connectivity index (χ3n) is 3.59. The molecule has 20 heavy (non-hydrogen) atoms. The van der Waals surface area contributed by atoms with Gasteiger partial charge in [0, 0.05) is 6.42 Å². The van der Waals surface area contributed by atoms with Crippen LogP contribution in [-0.2, 0) is 11.2 Å². The molecule has 3 N–H and O–H groups in total. The van der Waals surface area contributed by atoms with Crippen molar-refractivity contribution in [1.29, 1.82) is 0 Å². The van der Waals surface area contributed by atoms with Crippen LogP contribution < -0.4 is 10.5 Å². The van der Waals surface area contributed by atoms with E-state index in [1.165, 1.54) is 5.56 Å². The van der Waals surface area contributed by atoms with Crippen LogP contribution in [-0.4, -0.2) is 24.7 Å². The van der Waals surface area contributed by atoms with E-state index in [-0.39, 0.29) is 12.3 Å². The lowest BCUT2D eigenvalue weighted by molar-refractivity contribution is -0.138. The molecule has 1 aromatic rings. The van der Waals surface area contributed by atoms with Crippen molar-refractivity contribution in [2.45, 2.75) is 32.6 Å². The third kappa shape index (κ3) is 6.06. The van der Waals surface area contributed by atoms with Gasteiger partial charge in [0.25, 0.3) is 0 Å². The van der Waals surface area contributed by atoms with E-state index >= 15 is 0 Å². The Balaban J connectivity index is 2.41. The number of ether oxygens (including phenoxy) is 1. The standard InChI is InChI=1S/C16H25NO3/c1-12(8-14(11-17)10-16(18)19)6-7-13-4-3-5-15(9-13)20-2/h3-5,9,12,14H,6-8,10-11,17H2,1-2H3,(H,18,19)/t12-,14+/m1/s1. The Morgan fingerprint density at radius 2 is 2.20 bits per heavy atom. The van der Waals surface area contributed by atoms with E-state index in [1.807, 2.05) is 18.2 Å². The summed E-state index contributed by atoms with van der Waals surface area (Å²) < 4.78 is 5.21. The number of rotatable bonds is 9. The quantitative estimate of drug-likeness (QED) is 0.729. The van der Waals surface area contributed by atoms with E-state index in [0.29, 0.717) is 12.5 Å². The minimum Gasteiger partial charge on any atom is -0.497 e. The van der Waals surface area contributed by atoms with E-state index in [4.69, 9.17) is 15.6 Å². The summed E-state index contributed by atoms with van der Waals surface area (Å²) in [5.74, 6) is 0.656. The Morgan fingerprint density at radius 3 is 2.80 bits per heavy atom. The van der Waals surface area contributed by atoms with Crippen LogP contribution >= 0.6 is 0 Å². The first-order chi connectivity index (χ1) is 9.55. The zero-order chi connectivity index (χ0) is 15.0. The maximum absolute atomic E-state index is 10.7. The molecule has 0 saturated carbocycles. The molecule has 112 valence electrons. The summed E-state index contributed by atoms with van der Waals surface area (Å²) in [6.45, 7) is 2.60. The molecular weight excluding hydrogens is 254 g/mol. The highest BCUT2D eigenvalue weighted by Crippen LogP contribution is 2.21. The second-order valence-electron chi connectivity index (χ2n) is 5.43. The maximum atomic E-state index is 10.7. The van der Waals surface area contributed by atoms with E-state index < -0.39 is 5.97 Å². The highest BCUT2D eigenvalue weighted by Gasteiger charge is 2.15. The van der Waals surface area contributed by atoms with Crippen LogP contribution in [0.1, 0.15) is 31.7 Å². The van der Waals surface area contributed by atoms with Gasteiger partial charge < -0.3 is 15.6 Å². The monoisotopic (exact) mass is 279 g/mol. The van der Waals surface area contributed by atoms with Crippen molar-refractivity contribution >= 4 is 5.97 Å². The van der Waals surface area contributed by atoms with Gasteiger partial charge in [0.2, 0.25) is 0 Å².